The first-order valence-electron chi connectivity index (χ1n) is 6.46. The van der Waals surface area contributed by atoms with E-state index in [0.29, 0.717) is 0 Å². The third-order valence-corrected chi connectivity index (χ3v) is 4.26. The fourth-order valence-electron chi connectivity index (χ4n) is 2.33. The third kappa shape index (κ3) is 2.39. The number of rotatable bonds is 5. The Morgan fingerprint density at radius 1 is 1.37 bits per heavy atom. The minimum atomic E-state index is -0.714. The molecule has 104 valence electrons. The number of hydrogen-bond acceptors (Lipinski definition) is 4. The molecule has 0 spiro atoms. The molecule has 1 fully saturated rings. The normalized spacial score (nSPS) is 19.2. The molecule has 0 saturated heterocycles. The highest BCUT2D eigenvalue weighted by Gasteiger charge is 2.58. The van der Waals surface area contributed by atoms with Crippen LogP contribution in [0.4, 0.5) is 5.69 Å². The summed E-state index contributed by atoms with van der Waals surface area (Å²) in [4.78, 5) is 12.2. The van der Waals surface area contributed by atoms with Gasteiger partial charge in [-0.2, -0.15) is 0 Å². The summed E-state index contributed by atoms with van der Waals surface area (Å²) in [5.74, 6) is 0.536. The van der Waals surface area contributed by atoms with Gasteiger partial charge in [-0.3, -0.25) is 0 Å². The van der Waals surface area contributed by atoms with E-state index in [1.807, 2.05) is 31.2 Å². The van der Waals surface area contributed by atoms with Crippen LogP contribution >= 0.6 is 0 Å². The van der Waals surface area contributed by atoms with Crippen LogP contribution in [0.2, 0.25) is 0 Å². The van der Waals surface area contributed by atoms with Gasteiger partial charge >= 0.3 is 5.97 Å². The maximum Gasteiger partial charge on any atom is 0.331 e. The summed E-state index contributed by atoms with van der Waals surface area (Å²) in [6.07, 6.45) is 2.05. The zero-order valence-corrected chi connectivity index (χ0v) is 11.9. The standard InChI is InChI=1S/C15H21NO3/c1-14(8-9-14)15(2,13(17)19-4)16-11-6-5-7-12(10-11)18-3/h5-7,10,16H,8-9H2,1-4H3. The monoisotopic (exact) mass is 263 g/mol. The first kappa shape index (κ1) is 13.7. The summed E-state index contributed by atoms with van der Waals surface area (Å²) < 4.78 is 10.2. The number of esters is 1. The Kier molecular flexibility index (Phi) is 3.43. The minimum Gasteiger partial charge on any atom is -0.497 e. The molecule has 2 rings (SSSR count). The van der Waals surface area contributed by atoms with Crippen molar-refractivity contribution < 1.29 is 14.3 Å². The molecule has 1 unspecified atom stereocenters. The topological polar surface area (TPSA) is 47.6 Å². The second kappa shape index (κ2) is 4.76. The smallest absolute Gasteiger partial charge is 0.331 e. The van der Waals surface area contributed by atoms with Gasteiger partial charge in [-0.15, -0.1) is 0 Å². The Morgan fingerprint density at radius 2 is 2.05 bits per heavy atom. The van der Waals surface area contributed by atoms with Gasteiger partial charge in [0.05, 0.1) is 14.2 Å². The van der Waals surface area contributed by atoms with Gasteiger partial charge in [-0.25, -0.2) is 4.79 Å². The van der Waals surface area contributed by atoms with E-state index in [-0.39, 0.29) is 11.4 Å². The number of ether oxygens (including phenoxy) is 2. The van der Waals surface area contributed by atoms with Crippen molar-refractivity contribution in [3.63, 3.8) is 0 Å². The highest BCUT2D eigenvalue weighted by atomic mass is 16.5. The quantitative estimate of drug-likeness (QED) is 0.830. The third-order valence-electron chi connectivity index (χ3n) is 4.26. The zero-order chi connectivity index (χ0) is 14.1. The van der Waals surface area contributed by atoms with Gasteiger partial charge in [0.1, 0.15) is 11.3 Å². The Bertz CT molecular complexity index is 482. The van der Waals surface area contributed by atoms with Crippen LogP contribution in [0, 0.1) is 5.41 Å². The number of nitrogens with one attached hydrogen (secondary N) is 1. The summed E-state index contributed by atoms with van der Waals surface area (Å²) >= 11 is 0. The first-order chi connectivity index (χ1) is 8.95. The van der Waals surface area contributed by atoms with E-state index in [4.69, 9.17) is 9.47 Å². The largest absolute Gasteiger partial charge is 0.497 e. The lowest BCUT2D eigenvalue weighted by molar-refractivity contribution is -0.147. The van der Waals surface area contributed by atoms with Crippen LogP contribution < -0.4 is 10.1 Å². The lowest BCUT2D eigenvalue weighted by Gasteiger charge is -2.35. The van der Waals surface area contributed by atoms with Crippen molar-refractivity contribution in [1.82, 2.24) is 0 Å². The van der Waals surface area contributed by atoms with Crippen molar-refractivity contribution in [2.24, 2.45) is 5.41 Å². The van der Waals surface area contributed by atoms with Crippen molar-refractivity contribution in [2.75, 3.05) is 19.5 Å². The molecule has 1 aliphatic rings. The summed E-state index contributed by atoms with van der Waals surface area (Å²) in [6.45, 7) is 4.02. The molecule has 1 atom stereocenters. The minimum absolute atomic E-state index is 0.0524. The summed E-state index contributed by atoms with van der Waals surface area (Å²) in [7, 11) is 3.06. The van der Waals surface area contributed by atoms with Crippen molar-refractivity contribution >= 4 is 11.7 Å². The molecule has 0 amide bonds. The van der Waals surface area contributed by atoms with E-state index >= 15 is 0 Å². The maximum atomic E-state index is 12.2. The van der Waals surface area contributed by atoms with Crippen molar-refractivity contribution in [2.45, 2.75) is 32.2 Å². The maximum absolute atomic E-state index is 12.2. The number of carbonyl (C=O) groups excluding carboxylic acids is 1. The highest BCUT2D eigenvalue weighted by Crippen LogP contribution is 2.55. The molecule has 1 aromatic rings. The van der Waals surface area contributed by atoms with Crippen LogP contribution in [-0.2, 0) is 9.53 Å². The molecule has 1 N–H and O–H groups in total. The fourth-order valence-corrected chi connectivity index (χ4v) is 2.33. The fraction of sp³-hybridized carbons (Fsp3) is 0.533. The molecule has 0 radical (unpaired) electrons. The van der Waals surface area contributed by atoms with Crippen molar-refractivity contribution in [1.29, 1.82) is 0 Å². The van der Waals surface area contributed by atoms with Crippen LogP contribution in [0.1, 0.15) is 26.7 Å². The molecular weight excluding hydrogens is 242 g/mol. The average molecular weight is 263 g/mol. The summed E-state index contributed by atoms with van der Waals surface area (Å²) in [5, 5.41) is 3.33. The van der Waals surface area contributed by atoms with Crippen molar-refractivity contribution in [3.05, 3.63) is 24.3 Å². The molecule has 0 aliphatic heterocycles. The SMILES string of the molecule is COC(=O)C(C)(Nc1cccc(OC)c1)C1(C)CC1. The Morgan fingerprint density at radius 3 is 2.58 bits per heavy atom. The molecule has 1 aliphatic carbocycles. The molecule has 4 nitrogen and oxygen atoms in total. The van der Waals surface area contributed by atoms with E-state index in [1.165, 1.54) is 7.11 Å². The number of benzene rings is 1. The number of methoxy groups -OCH3 is 2. The predicted molar refractivity (Wildman–Crippen MR) is 74.4 cm³/mol. The van der Waals surface area contributed by atoms with Gasteiger partial charge in [-0.05, 0) is 31.9 Å². The summed E-state index contributed by atoms with van der Waals surface area (Å²) in [5.41, 5.74) is 0.0949. The Labute approximate surface area is 114 Å². The number of hydrogen-bond donors (Lipinski definition) is 1. The number of carbonyl (C=O) groups is 1. The summed E-state index contributed by atoms with van der Waals surface area (Å²) in [6, 6.07) is 7.58. The van der Waals surface area contributed by atoms with Crippen LogP contribution in [0.5, 0.6) is 5.75 Å². The van der Waals surface area contributed by atoms with Gasteiger partial charge < -0.3 is 14.8 Å². The zero-order valence-electron chi connectivity index (χ0n) is 11.9. The van der Waals surface area contributed by atoms with E-state index < -0.39 is 5.54 Å². The molecule has 1 saturated carbocycles. The average Bonchev–Trinajstić information content (AvgIpc) is 3.17. The van der Waals surface area contributed by atoms with Crippen LogP contribution in [0.3, 0.4) is 0 Å². The molecule has 19 heavy (non-hydrogen) atoms. The molecular formula is C15H21NO3. The van der Waals surface area contributed by atoms with Gasteiger partial charge in [0.25, 0.3) is 0 Å². The van der Waals surface area contributed by atoms with E-state index in [1.54, 1.807) is 7.11 Å². The van der Waals surface area contributed by atoms with Crippen molar-refractivity contribution in [3.8, 4) is 5.75 Å². The molecule has 4 heteroatoms. The van der Waals surface area contributed by atoms with Crippen LogP contribution in [0.25, 0.3) is 0 Å². The molecule has 1 aromatic carbocycles. The van der Waals surface area contributed by atoms with Gasteiger partial charge in [0.15, 0.2) is 0 Å². The highest BCUT2D eigenvalue weighted by molar-refractivity contribution is 5.86. The first-order valence-corrected chi connectivity index (χ1v) is 6.46. The lowest BCUT2D eigenvalue weighted by atomic mass is 9.83. The Hall–Kier alpha value is -1.71. The van der Waals surface area contributed by atoms with E-state index in [0.717, 1.165) is 24.3 Å². The predicted octanol–water partition coefficient (Wildman–Crippen LogP) is 2.84. The van der Waals surface area contributed by atoms with Gasteiger partial charge in [0.2, 0.25) is 0 Å². The second-order valence-corrected chi connectivity index (χ2v) is 5.53. The molecule has 0 heterocycles. The van der Waals surface area contributed by atoms with Crippen LogP contribution in [0.15, 0.2) is 24.3 Å². The van der Waals surface area contributed by atoms with E-state index in [2.05, 4.69) is 12.2 Å². The Balaban J connectivity index is 2.28. The van der Waals surface area contributed by atoms with Gasteiger partial charge in [-0.1, -0.05) is 13.0 Å². The van der Waals surface area contributed by atoms with E-state index in [9.17, 15) is 4.79 Å². The lowest BCUT2D eigenvalue weighted by Crippen LogP contribution is -2.51. The van der Waals surface area contributed by atoms with Gasteiger partial charge in [0, 0.05) is 17.2 Å². The number of anilines is 1. The molecule has 0 aromatic heterocycles. The van der Waals surface area contributed by atoms with Crippen LogP contribution in [-0.4, -0.2) is 25.7 Å². The second-order valence-electron chi connectivity index (χ2n) is 5.53. The molecule has 0 bridgehead atoms.